The van der Waals surface area contributed by atoms with E-state index in [0.29, 0.717) is 17.9 Å². The van der Waals surface area contributed by atoms with Gasteiger partial charge in [0.25, 0.3) is 0 Å². The molecular formula is C14H21NO3. The van der Waals surface area contributed by atoms with E-state index in [1.54, 1.807) is 14.2 Å². The van der Waals surface area contributed by atoms with Gasteiger partial charge in [-0.25, -0.2) is 0 Å². The fourth-order valence-corrected chi connectivity index (χ4v) is 1.60. The van der Waals surface area contributed by atoms with E-state index in [4.69, 9.17) is 9.47 Å². The van der Waals surface area contributed by atoms with E-state index in [1.807, 2.05) is 32.0 Å². The summed E-state index contributed by atoms with van der Waals surface area (Å²) in [7, 11) is 3.17. The van der Waals surface area contributed by atoms with Gasteiger partial charge in [-0.2, -0.15) is 0 Å². The second kappa shape index (κ2) is 6.89. The minimum Gasteiger partial charge on any atom is -0.493 e. The predicted octanol–water partition coefficient (Wildman–Crippen LogP) is 2.16. The molecule has 1 rings (SSSR count). The number of hydrogen-bond donors (Lipinski definition) is 1. The summed E-state index contributed by atoms with van der Waals surface area (Å²) in [6.45, 7) is 4.04. The Balaban J connectivity index is 2.70. The molecular weight excluding hydrogens is 230 g/mol. The maximum absolute atomic E-state index is 11.8. The van der Waals surface area contributed by atoms with Crippen molar-refractivity contribution in [2.75, 3.05) is 14.2 Å². The molecule has 0 fully saturated rings. The zero-order valence-electron chi connectivity index (χ0n) is 11.4. The number of hydrogen-bond acceptors (Lipinski definition) is 3. The summed E-state index contributed by atoms with van der Waals surface area (Å²) in [5, 5.41) is 2.93. The topological polar surface area (TPSA) is 47.6 Å². The third-order valence-electron chi connectivity index (χ3n) is 2.83. The Morgan fingerprint density at radius 3 is 2.50 bits per heavy atom. The minimum absolute atomic E-state index is 0.0246. The normalized spacial score (nSPS) is 11.8. The average molecular weight is 251 g/mol. The highest BCUT2D eigenvalue weighted by Gasteiger charge is 2.09. The number of ether oxygens (including phenoxy) is 2. The average Bonchev–Trinajstić information content (AvgIpc) is 2.38. The first-order valence-corrected chi connectivity index (χ1v) is 6.11. The van der Waals surface area contributed by atoms with Crippen LogP contribution >= 0.6 is 0 Å². The summed E-state index contributed by atoms with van der Waals surface area (Å²) in [5.41, 5.74) is 0.911. The van der Waals surface area contributed by atoms with Gasteiger partial charge in [-0.3, -0.25) is 4.79 Å². The number of carbonyl (C=O) groups is 1. The van der Waals surface area contributed by atoms with E-state index in [1.165, 1.54) is 0 Å². The molecule has 100 valence electrons. The highest BCUT2D eigenvalue weighted by molar-refractivity contribution is 5.79. The lowest BCUT2D eigenvalue weighted by Crippen LogP contribution is -2.33. The SMILES string of the molecule is CCC(C)NC(=O)Cc1ccc(OC)c(OC)c1. The van der Waals surface area contributed by atoms with E-state index in [0.717, 1.165) is 12.0 Å². The summed E-state index contributed by atoms with van der Waals surface area (Å²) in [5.74, 6) is 1.34. The van der Waals surface area contributed by atoms with Crippen molar-refractivity contribution in [3.63, 3.8) is 0 Å². The molecule has 0 saturated carbocycles. The molecule has 4 heteroatoms. The molecule has 0 radical (unpaired) electrons. The molecule has 0 heterocycles. The number of benzene rings is 1. The first kappa shape index (κ1) is 14.4. The van der Waals surface area contributed by atoms with Crippen LogP contribution in [0.1, 0.15) is 25.8 Å². The zero-order valence-corrected chi connectivity index (χ0v) is 11.4. The highest BCUT2D eigenvalue weighted by atomic mass is 16.5. The monoisotopic (exact) mass is 251 g/mol. The van der Waals surface area contributed by atoms with Gasteiger partial charge in [-0.05, 0) is 31.0 Å². The lowest BCUT2D eigenvalue weighted by atomic mass is 10.1. The van der Waals surface area contributed by atoms with Crippen molar-refractivity contribution in [2.24, 2.45) is 0 Å². The fourth-order valence-electron chi connectivity index (χ4n) is 1.60. The molecule has 1 amide bonds. The fraction of sp³-hybridized carbons (Fsp3) is 0.500. The Labute approximate surface area is 108 Å². The van der Waals surface area contributed by atoms with E-state index in [-0.39, 0.29) is 11.9 Å². The third kappa shape index (κ3) is 3.95. The van der Waals surface area contributed by atoms with Crippen molar-refractivity contribution >= 4 is 5.91 Å². The molecule has 1 atom stereocenters. The van der Waals surface area contributed by atoms with E-state index >= 15 is 0 Å². The van der Waals surface area contributed by atoms with Crippen molar-refractivity contribution in [2.45, 2.75) is 32.7 Å². The lowest BCUT2D eigenvalue weighted by molar-refractivity contribution is -0.121. The number of amides is 1. The molecule has 0 aliphatic heterocycles. The van der Waals surface area contributed by atoms with Crippen molar-refractivity contribution < 1.29 is 14.3 Å². The van der Waals surface area contributed by atoms with Gasteiger partial charge < -0.3 is 14.8 Å². The van der Waals surface area contributed by atoms with Crippen LogP contribution in [-0.2, 0) is 11.2 Å². The highest BCUT2D eigenvalue weighted by Crippen LogP contribution is 2.27. The molecule has 18 heavy (non-hydrogen) atoms. The van der Waals surface area contributed by atoms with Gasteiger partial charge in [0.1, 0.15) is 0 Å². The first-order valence-electron chi connectivity index (χ1n) is 6.11. The van der Waals surface area contributed by atoms with Gasteiger partial charge in [0.05, 0.1) is 20.6 Å². The van der Waals surface area contributed by atoms with Gasteiger partial charge in [-0.15, -0.1) is 0 Å². The van der Waals surface area contributed by atoms with Gasteiger partial charge >= 0.3 is 0 Å². The summed E-state index contributed by atoms with van der Waals surface area (Å²) < 4.78 is 10.4. The Morgan fingerprint density at radius 1 is 1.28 bits per heavy atom. The number of carbonyl (C=O) groups excluding carboxylic acids is 1. The summed E-state index contributed by atoms with van der Waals surface area (Å²) in [6, 6.07) is 5.72. The van der Waals surface area contributed by atoms with Gasteiger partial charge in [-0.1, -0.05) is 13.0 Å². The van der Waals surface area contributed by atoms with Crippen LogP contribution in [0.15, 0.2) is 18.2 Å². The molecule has 0 aliphatic rings. The van der Waals surface area contributed by atoms with Crippen molar-refractivity contribution in [1.29, 1.82) is 0 Å². The van der Waals surface area contributed by atoms with Gasteiger partial charge in [0.2, 0.25) is 5.91 Å². The Hall–Kier alpha value is -1.71. The summed E-state index contributed by atoms with van der Waals surface area (Å²) in [4.78, 5) is 11.8. The second-order valence-corrected chi connectivity index (χ2v) is 4.24. The van der Waals surface area contributed by atoms with E-state index < -0.39 is 0 Å². The first-order chi connectivity index (χ1) is 8.60. The maximum Gasteiger partial charge on any atom is 0.224 e. The molecule has 0 aromatic heterocycles. The predicted molar refractivity (Wildman–Crippen MR) is 71.1 cm³/mol. The molecule has 4 nitrogen and oxygen atoms in total. The summed E-state index contributed by atoms with van der Waals surface area (Å²) >= 11 is 0. The van der Waals surface area contributed by atoms with Gasteiger partial charge in [0, 0.05) is 6.04 Å². The Bertz CT molecular complexity index is 404. The van der Waals surface area contributed by atoms with Crippen LogP contribution in [-0.4, -0.2) is 26.2 Å². The van der Waals surface area contributed by atoms with Crippen LogP contribution in [0.5, 0.6) is 11.5 Å². The van der Waals surface area contributed by atoms with Crippen LogP contribution in [0.2, 0.25) is 0 Å². The van der Waals surface area contributed by atoms with Crippen LogP contribution in [0.4, 0.5) is 0 Å². The van der Waals surface area contributed by atoms with Crippen LogP contribution < -0.4 is 14.8 Å². The molecule has 0 saturated heterocycles. The van der Waals surface area contributed by atoms with Crippen LogP contribution in [0, 0.1) is 0 Å². The second-order valence-electron chi connectivity index (χ2n) is 4.24. The number of rotatable bonds is 6. The Morgan fingerprint density at radius 2 is 1.94 bits per heavy atom. The summed E-state index contributed by atoms with van der Waals surface area (Å²) in [6.07, 6.45) is 1.28. The van der Waals surface area contributed by atoms with Crippen molar-refractivity contribution in [3.05, 3.63) is 23.8 Å². The van der Waals surface area contributed by atoms with E-state index in [2.05, 4.69) is 5.32 Å². The lowest BCUT2D eigenvalue weighted by Gasteiger charge is -2.12. The minimum atomic E-state index is 0.0246. The van der Waals surface area contributed by atoms with Crippen LogP contribution in [0.25, 0.3) is 0 Å². The molecule has 1 unspecified atom stereocenters. The van der Waals surface area contributed by atoms with Crippen LogP contribution in [0.3, 0.4) is 0 Å². The molecule has 0 bridgehead atoms. The largest absolute Gasteiger partial charge is 0.493 e. The third-order valence-corrected chi connectivity index (χ3v) is 2.83. The molecule has 1 N–H and O–H groups in total. The van der Waals surface area contributed by atoms with E-state index in [9.17, 15) is 4.79 Å². The van der Waals surface area contributed by atoms with Crippen molar-refractivity contribution in [1.82, 2.24) is 5.32 Å². The Kier molecular flexibility index (Phi) is 5.49. The van der Waals surface area contributed by atoms with Crippen molar-refractivity contribution in [3.8, 4) is 11.5 Å². The smallest absolute Gasteiger partial charge is 0.224 e. The molecule has 0 spiro atoms. The molecule has 1 aromatic rings. The number of nitrogens with one attached hydrogen (secondary N) is 1. The number of methoxy groups -OCH3 is 2. The molecule has 0 aliphatic carbocycles. The quantitative estimate of drug-likeness (QED) is 0.842. The zero-order chi connectivity index (χ0) is 13.5. The maximum atomic E-state index is 11.8. The standard InChI is InChI=1S/C14H21NO3/c1-5-10(2)15-14(16)9-11-6-7-12(17-3)13(8-11)18-4/h6-8,10H,5,9H2,1-4H3,(H,15,16). The molecule has 1 aromatic carbocycles. The van der Waals surface area contributed by atoms with Gasteiger partial charge in [0.15, 0.2) is 11.5 Å².